The highest BCUT2D eigenvalue weighted by molar-refractivity contribution is 5.99. The molecule has 0 aliphatic rings. The number of hydrogen-bond donors (Lipinski definition) is 2. The molecule has 2 aromatic carbocycles. The van der Waals surface area contributed by atoms with Crippen molar-refractivity contribution in [1.82, 2.24) is 36.0 Å². The third kappa shape index (κ3) is 3.47. The van der Waals surface area contributed by atoms with Crippen LogP contribution in [0.4, 0.5) is 0 Å². The third-order valence-corrected chi connectivity index (χ3v) is 3.86. The summed E-state index contributed by atoms with van der Waals surface area (Å²) in [5, 5.41) is 11.8. The summed E-state index contributed by atoms with van der Waals surface area (Å²) in [5.74, 6) is -0.952. The predicted octanol–water partition coefficient (Wildman–Crippen LogP) is 1.29. The van der Waals surface area contributed by atoms with Gasteiger partial charge in [0.1, 0.15) is 12.0 Å². The minimum atomic E-state index is -0.501. The Hall–Kier alpha value is -4.14. The first kappa shape index (κ1) is 16.3. The van der Waals surface area contributed by atoms with Crippen molar-refractivity contribution in [1.29, 1.82) is 0 Å². The van der Waals surface area contributed by atoms with Gasteiger partial charge in [-0.05, 0) is 46.8 Å². The molecule has 2 amide bonds. The van der Waals surface area contributed by atoms with Crippen molar-refractivity contribution in [2.75, 3.05) is 0 Å². The Bertz CT molecular complexity index is 1110. The lowest BCUT2D eigenvalue weighted by Gasteiger charge is -2.08. The number of carbonyl (C=O) groups is 2. The maximum Gasteiger partial charge on any atom is 0.288 e. The van der Waals surface area contributed by atoms with Gasteiger partial charge in [0.2, 0.25) is 0 Å². The molecule has 132 valence electrons. The van der Waals surface area contributed by atoms with E-state index in [4.69, 9.17) is 0 Å². The van der Waals surface area contributed by atoms with Crippen molar-refractivity contribution in [2.45, 2.75) is 0 Å². The molecule has 0 saturated heterocycles. The number of amides is 2. The third-order valence-electron chi connectivity index (χ3n) is 3.86. The molecular formula is C18H13N7O2. The average molecular weight is 359 g/mol. The fourth-order valence-electron chi connectivity index (χ4n) is 2.49. The molecule has 0 aliphatic carbocycles. The normalized spacial score (nSPS) is 10.5. The first-order chi connectivity index (χ1) is 13.2. The summed E-state index contributed by atoms with van der Waals surface area (Å²) < 4.78 is 1.47. The molecule has 0 atom stereocenters. The Kier molecular flexibility index (Phi) is 4.24. The molecule has 2 N–H and O–H groups in total. The molecule has 0 bridgehead atoms. The number of hydrazine groups is 1. The zero-order valence-electron chi connectivity index (χ0n) is 13.9. The van der Waals surface area contributed by atoms with Crippen LogP contribution in [0.25, 0.3) is 16.6 Å². The molecule has 4 rings (SSSR count). The molecule has 4 aromatic rings. The average Bonchev–Trinajstić information content (AvgIpc) is 3.26. The number of benzene rings is 2. The highest BCUT2D eigenvalue weighted by Gasteiger charge is 2.11. The van der Waals surface area contributed by atoms with Crippen LogP contribution in [0.3, 0.4) is 0 Å². The fraction of sp³-hybridized carbons (Fsp3) is 0. The van der Waals surface area contributed by atoms with Gasteiger partial charge in [-0.2, -0.15) is 0 Å². The summed E-state index contributed by atoms with van der Waals surface area (Å²) in [6.45, 7) is 0. The van der Waals surface area contributed by atoms with E-state index in [1.165, 1.54) is 11.0 Å². The molecule has 9 nitrogen and oxygen atoms in total. The van der Waals surface area contributed by atoms with E-state index < -0.39 is 11.8 Å². The lowest BCUT2D eigenvalue weighted by molar-refractivity contribution is 0.0844. The van der Waals surface area contributed by atoms with Crippen LogP contribution in [-0.2, 0) is 0 Å². The van der Waals surface area contributed by atoms with Crippen molar-refractivity contribution in [2.24, 2.45) is 0 Å². The Morgan fingerprint density at radius 3 is 2.41 bits per heavy atom. The van der Waals surface area contributed by atoms with Crippen LogP contribution in [-0.4, -0.2) is 37.0 Å². The fourth-order valence-corrected chi connectivity index (χ4v) is 2.49. The van der Waals surface area contributed by atoms with Gasteiger partial charge >= 0.3 is 0 Å². The van der Waals surface area contributed by atoms with E-state index in [9.17, 15) is 9.59 Å². The second-order valence-electron chi connectivity index (χ2n) is 5.60. The molecule has 0 fully saturated rings. The molecule has 0 saturated carbocycles. The van der Waals surface area contributed by atoms with Crippen LogP contribution in [0.2, 0.25) is 0 Å². The smallest absolute Gasteiger partial charge is 0.267 e. The SMILES string of the molecule is O=C(NNC(=O)c1ccc2ccccc2n1)c1ccc(-n2cnnn2)cc1. The van der Waals surface area contributed by atoms with Gasteiger partial charge in [0.05, 0.1) is 11.2 Å². The monoisotopic (exact) mass is 359 g/mol. The summed E-state index contributed by atoms with van der Waals surface area (Å²) in [7, 11) is 0. The Morgan fingerprint density at radius 1 is 0.852 bits per heavy atom. The molecule has 27 heavy (non-hydrogen) atoms. The van der Waals surface area contributed by atoms with Crippen LogP contribution in [0.1, 0.15) is 20.8 Å². The van der Waals surface area contributed by atoms with Crippen molar-refractivity contribution < 1.29 is 9.59 Å². The molecule has 0 spiro atoms. The minimum absolute atomic E-state index is 0.211. The second-order valence-corrected chi connectivity index (χ2v) is 5.60. The first-order valence-corrected chi connectivity index (χ1v) is 8.00. The largest absolute Gasteiger partial charge is 0.288 e. The Labute approximate surface area is 153 Å². The number of aromatic nitrogens is 5. The number of para-hydroxylation sites is 1. The summed E-state index contributed by atoms with van der Waals surface area (Å²) in [6, 6.07) is 17.5. The van der Waals surface area contributed by atoms with E-state index in [2.05, 4.69) is 31.4 Å². The van der Waals surface area contributed by atoms with Crippen molar-refractivity contribution in [3.8, 4) is 5.69 Å². The number of pyridine rings is 1. The lowest BCUT2D eigenvalue weighted by atomic mass is 10.2. The summed E-state index contributed by atoms with van der Waals surface area (Å²) in [6.07, 6.45) is 1.45. The van der Waals surface area contributed by atoms with Crippen LogP contribution >= 0.6 is 0 Å². The lowest BCUT2D eigenvalue weighted by Crippen LogP contribution is -2.41. The van der Waals surface area contributed by atoms with Gasteiger partial charge in [-0.25, -0.2) is 9.67 Å². The maximum absolute atomic E-state index is 12.2. The van der Waals surface area contributed by atoms with E-state index in [1.807, 2.05) is 24.3 Å². The van der Waals surface area contributed by atoms with Gasteiger partial charge in [-0.15, -0.1) is 5.10 Å². The maximum atomic E-state index is 12.2. The molecule has 2 heterocycles. The zero-order valence-corrected chi connectivity index (χ0v) is 13.9. The van der Waals surface area contributed by atoms with E-state index in [0.717, 1.165) is 5.39 Å². The van der Waals surface area contributed by atoms with E-state index in [-0.39, 0.29) is 5.69 Å². The number of fused-ring (bicyclic) bond motifs is 1. The molecular weight excluding hydrogens is 346 g/mol. The Balaban J connectivity index is 1.41. The summed E-state index contributed by atoms with van der Waals surface area (Å²) >= 11 is 0. The van der Waals surface area contributed by atoms with Crippen LogP contribution < -0.4 is 10.9 Å². The Morgan fingerprint density at radius 2 is 1.63 bits per heavy atom. The standard InChI is InChI=1S/C18H13N7O2/c26-17(13-5-8-14(9-6-13)25-11-19-23-24-25)21-22-18(27)16-10-7-12-3-1-2-4-15(12)20-16/h1-11H,(H,21,26)(H,22,27). The van der Waals surface area contributed by atoms with Gasteiger partial charge in [0.25, 0.3) is 11.8 Å². The zero-order chi connectivity index (χ0) is 18.6. The van der Waals surface area contributed by atoms with Crippen molar-refractivity contribution >= 4 is 22.7 Å². The van der Waals surface area contributed by atoms with E-state index in [0.29, 0.717) is 16.8 Å². The first-order valence-electron chi connectivity index (χ1n) is 8.00. The van der Waals surface area contributed by atoms with Crippen LogP contribution in [0, 0.1) is 0 Å². The highest BCUT2D eigenvalue weighted by Crippen LogP contribution is 2.11. The summed E-state index contributed by atoms with van der Waals surface area (Å²) in [4.78, 5) is 28.7. The number of tetrazole rings is 1. The van der Waals surface area contributed by atoms with Crippen molar-refractivity contribution in [3.05, 3.63) is 78.2 Å². The second kappa shape index (κ2) is 7.00. The van der Waals surface area contributed by atoms with Crippen LogP contribution in [0.15, 0.2) is 67.0 Å². The van der Waals surface area contributed by atoms with Gasteiger partial charge in [0.15, 0.2) is 0 Å². The minimum Gasteiger partial charge on any atom is -0.267 e. The number of hydrogen-bond acceptors (Lipinski definition) is 6. The predicted molar refractivity (Wildman–Crippen MR) is 95.8 cm³/mol. The quantitative estimate of drug-likeness (QED) is 0.533. The summed E-state index contributed by atoms with van der Waals surface area (Å²) in [5.41, 5.74) is 6.74. The molecule has 0 aliphatic heterocycles. The van der Waals surface area contributed by atoms with E-state index >= 15 is 0 Å². The molecule has 2 aromatic heterocycles. The van der Waals surface area contributed by atoms with Gasteiger partial charge in [-0.3, -0.25) is 20.4 Å². The molecule has 0 radical (unpaired) electrons. The number of nitrogens with zero attached hydrogens (tertiary/aromatic N) is 5. The van der Waals surface area contributed by atoms with Gasteiger partial charge in [-0.1, -0.05) is 24.3 Å². The molecule has 9 heteroatoms. The number of carbonyl (C=O) groups excluding carboxylic acids is 2. The van der Waals surface area contributed by atoms with Gasteiger partial charge < -0.3 is 0 Å². The number of nitrogens with one attached hydrogen (secondary N) is 2. The van der Waals surface area contributed by atoms with E-state index in [1.54, 1.807) is 36.4 Å². The van der Waals surface area contributed by atoms with Crippen molar-refractivity contribution in [3.63, 3.8) is 0 Å². The molecule has 0 unspecified atom stereocenters. The van der Waals surface area contributed by atoms with Crippen LogP contribution in [0.5, 0.6) is 0 Å². The number of rotatable bonds is 3. The highest BCUT2D eigenvalue weighted by atomic mass is 16.2. The van der Waals surface area contributed by atoms with Gasteiger partial charge in [0, 0.05) is 10.9 Å². The topological polar surface area (TPSA) is 115 Å².